The van der Waals surface area contributed by atoms with Crippen molar-refractivity contribution < 1.29 is 10.2 Å². The molecule has 0 saturated carbocycles. The van der Waals surface area contributed by atoms with Gasteiger partial charge in [0, 0.05) is 7.05 Å². The molecular weight excluding hydrogens is 200 g/mol. The Hall–Kier alpha value is -0.700. The van der Waals surface area contributed by atoms with Crippen LogP contribution in [0.25, 0.3) is 0 Å². The summed E-state index contributed by atoms with van der Waals surface area (Å²) in [4.78, 5) is 0. The molecule has 6 nitrogen and oxygen atoms in total. The monoisotopic (exact) mass is 214 g/mol. The second kappa shape index (κ2) is 10.3. The van der Waals surface area contributed by atoms with Crippen molar-refractivity contribution in [3.8, 4) is 0 Å². The van der Waals surface area contributed by atoms with E-state index in [1.165, 1.54) is 7.05 Å². The first kappa shape index (κ1) is 17.4. The van der Waals surface area contributed by atoms with Crippen molar-refractivity contribution in [1.82, 2.24) is 10.4 Å². The standard InChI is InChI=1S/C2H6N2OS.CH4N2OS.CH4/c1-4(3)2(5)6;2-3-1(4)5;/h3H2,1H3,(H,5,6);2H2,(H2,3,4,5);1H4. The van der Waals surface area contributed by atoms with Crippen molar-refractivity contribution in [3.05, 3.63) is 0 Å². The number of hydrazine groups is 2. The molecule has 0 aromatic heterocycles. The van der Waals surface area contributed by atoms with Crippen LogP contribution in [0.3, 0.4) is 0 Å². The lowest BCUT2D eigenvalue weighted by Gasteiger charge is -2.03. The predicted octanol–water partition coefficient (Wildman–Crippen LogP) is -0.436. The van der Waals surface area contributed by atoms with Crippen molar-refractivity contribution >= 4 is 34.8 Å². The van der Waals surface area contributed by atoms with Crippen molar-refractivity contribution in [2.24, 2.45) is 11.7 Å². The summed E-state index contributed by atoms with van der Waals surface area (Å²) in [6.45, 7) is 0. The van der Waals surface area contributed by atoms with Crippen LogP contribution in [0.5, 0.6) is 0 Å². The fourth-order valence-electron chi connectivity index (χ4n) is 0. The van der Waals surface area contributed by atoms with Crippen LogP contribution in [0, 0.1) is 0 Å². The third-order valence-corrected chi connectivity index (χ3v) is 0.831. The summed E-state index contributed by atoms with van der Waals surface area (Å²) < 4.78 is 0. The molecular formula is C4H14N4O2S2. The van der Waals surface area contributed by atoms with Gasteiger partial charge in [-0.15, -0.1) is 0 Å². The molecule has 0 spiro atoms. The van der Waals surface area contributed by atoms with Crippen LogP contribution in [-0.4, -0.2) is 32.6 Å². The van der Waals surface area contributed by atoms with E-state index in [2.05, 4.69) is 30.3 Å². The molecule has 0 unspecified atom stereocenters. The highest BCUT2D eigenvalue weighted by Crippen LogP contribution is 1.66. The minimum absolute atomic E-state index is 0. The average molecular weight is 214 g/mol. The Kier molecular flexibility index (Phi) is 14.9. The van der Waals surface area contributed by atoms with E-state index < -0.39 is 0 Å². The molecule has 0 aromatic rings. The Bertz CT molecular complexity index is 141. The summed E-state index contributed by atoms with van der Waals surface area (Å²) in [6.07, 6.45) is 0. The lowest BCUT2D eigenvalue weighted by molar-refractivity contribution is 0.407. The van der Waals surface area contributed by atoms with Crippen molar-refractivity contribution in [1.29, 1.82) is 0 Å². The molecule has 0 fully saturated rings. The van der Waals surface area contributed by atoms with Gasteiger partial charge in [-0.25, -0.2) is 11.7 Å². The lowest BCUT2D eigenvalue weighted by Crippen LogP contribution is -2.30. The molecule has 0 aliphatic heterocycles. The molecule has 0 atom stereocenters. The number of hydrogen-bond acceptors (Lipinski definition) is 4. The number of hydrogen-bond donors (Lipinski definition) is 5. The molecule has 0 aliphatic carbocycles. The number of nitrogens with two attached hydrogens (primary N) is 2. The molecule has 7 N–H and O–H groups in total. The Labute approximate surface area is 82.1 Å². The Morgan fingerprint density at radius 3 is 1.58 bits per heavy atom. The topological polar surface area (TPSA) is 108 Å². The minimum atomic E-state index is -0.384. The SMILES string of the molecule is C.CN(N)C(O)=S.NNC(O)=S. The molecule has 0 aromatic carbocycles. The minimum Gasteiger partial charge on any atom is -0.486 e. The number of thiocarbonyl (C=S) groups is 2. The van der Waals surface area contributed by atoms with E-state index in [0.29, 0.717) is 0 Å². The molecule has 74 valence electrons. The van der Waals surface area contributed by atoms with E-state index in [0.717, 1.165) is 5.01 Å². The van der Waals surface area contributed by atoms with Crippen LogP contribution in [0.4, 0.5) is 0 Å². The van der Waals surface area contributed by atoms with Gasteiger partial charge in [-0.1, -0.05) is 7.43 Å². The zero-order valence-electron chi connectivity index (χ0n) is 5.81. The molecule has 0 rings (SSSR count). The number of aliphatic hydroxyl groups is 2. The smallest absolute Gasteiger partial charge is 0.271 e. The lowest BCUT2D eigenvalue weighted by atomic mass is 11.1. The molecule has 12 heavy (non-hydrogen) atoms. The fourth-order valence-corrected chi connectivity index (χ4v) is 0. The van der Waals surface area contributed by atoms with Crippen LogP contribution in [0.15, 0.2) is 0 Å². The summed E-state index contributed by atoms with van der Waals surface area (Å²) >= 11 is 8.19. The van der Waals surface area contributed by atoms with Gasteiger partial charge in [0.1, 0.15) is 0 Å². The first-order valence-corrected chi connectivity index (χ1v) is 3.14. The highest BCUT2D eigenvalue weighted by Gasteiger charge is 1.86. The maximum atomic E-state index is 8.16. The molecule has 0 radical (unpaired) electrons. The third-order valence-electron chi connectivity index (χ3n) is 0.425. The quantitative estimate of drug-likeness (QED) is 0.210. The van der Waals surface area contributed by atoms with Gasteiger partial charge in [-0.3, -0.25) is 10.4 Å². The van der Waals surface area contributed by atoms with Crippen LogP contribution >= 0.6 is 24.4 Å². The molecule has 0 heterocycles. The molecule has 0 aliphatic rings. The number of aliphatic hydroxyl groups excluding tert-OH is 2. The van der Waals surface area contributed by atoms with E-state index in [9.17, 15) is 0 Å². The van der Waals surface area contributed by atoms with Crippen LogP contribution in [0.2, 0.25) is 0 Å². The zero-order valence-corrected chi connectivity index (χ0v) is 7.45. The van der Waals surface area contributed by atoms with E-state index in [1.807, 2.05) is 5.43 Å². The van der Waals surface area contributed by atoms with Crippen molar-refractivity contribution in [2.75, 3.05) is 7.05 Å². The Morgan fingerprint density at radius 2 is 1.58 bits per heavy atom. The van der Waals surface area contributed by atoms with Gasteiger partial charge in [0.05, 0.1) is 0 Å². The van der Waals surface area contributed by atoms with Gasteiger partial charge < -0.3 is 10.2 Å². The second-order valence-corrected chi connectivity index (χ2v) is 2.09. The Morgan fingerprint density at radius 1 is 1.42 bits per heavy atom. The van der Waals surface area contributed by atoms with E-state index >= 15 is 0 Å². The summed E-state index contributed by atoms with van der Waals surface area (Å²) in [5, 5.41) is 16.3. The summed E-state index contributed by atoms with van der Waals surface area (Å²) in [7, 11) is 1.46. The van der Waals surface area contributed by atoms with Crippen molar-refractivity contribution in [2.45, 2.75) is 7.43 Å². The normalized spacial score (nSPS) is 6.58. The first-order chi connectivity index (χ1) is 4.91. The highest BCUT2D eigenvalue weighted by molar-refractivity contribution is 7.80. The van der Waals surface area contributed by atoms with Crippen LogP contribution in [-0.2, 0) is 0 Å². The van der Waals surface area contributed by atoms with Gasteiger partial charge in [-0.2, -0.15) is 0 Å². The van der Waals surface area contributed by atoms with Gasteiger partial charge in [0.15, 0.2) is 0 Å². The largest absolute Gasteiger partial charge is 0.486 e. The van der Waals surface area contributed by atoms with Gasteiger partial charge in [0.25, 0.3) is 10.3 Å². The molecule has 0 amide bonds. The number of rotatable bonds is 0. The predicted molar refractivity (Wildman–Crippen MR) is 56.5 cm³/mol. The maximum absolute atomic E-state index is 8.16. The zero-order chi connectivity index (χ0) is 9.44. The van der Waals surface area contributed by atoms with E-state index in [-0.39, 0.29) is 17.8 Å². The van der Waals surface area contributed by atoms with E-state index in [1.54, 1.807) is 0 Å². The van der Waals surface area contributed by atoms with Gasteiger partial charge in [0.2, 0.25) is 0 Å². The van der Waals surface area contributed by atoms with Crippen LogP contribution < -0.4 is 17.1 Å². The molecule has 0 saturated heterocycles. The maximum Gasteiger partial charge on any atom is 0.271 e. The van der Waals surface area contributed by atoms with Gasteiger partial charge in [-0.05, 0) is 24.4 Å². The second-order valence-electron chi connectivity index (χ2n) is 1.34. The first-order valence-electron chi connectivity index (χ1n) is 2.32. The number of nitrogens with one attached hydrogen (secondary N) is 1. The van der Waals surface area contributed by atoms with Gasteiger partial charge >= 0.3 is 0 Å². The average Bonchev–Trinajstić information content (AvgIpc) is 1.89. The Balaban J connectivity index is -0.000000126. The fraction of sp³-hybridized carbons (Fsp3) is 0.500. The van der Waals surface area contributed by atoms with Crippen LogP contribution in [0.1, 0.15) is 7.43 Å². The molecule has 0 bridgehead atoms. The third kappa shape index (κ3) is 22.8. The molecule has 8 heteroatoms. The number of nitrogens with zero attached hydrogens (tertiary/aromatic N) is 1. The summed E-state index contributed by atoms with van der Waals surface area (Å²) in [5.74, 6) is 9.41. The van der Waals surface area contributed by atoms with E-state index in [4.69, 9.17) is 16.1 Å². The summed E-state index contributed by atoms with van der Waals surface area (Å²) in [5.41, 5.74) is 1.81. The highest BCUT2D eigenvalue weighted by atomic mass is 32.1. The van der Waals surface area contributed by atoms with Crippen molar-refractivity contribution in [3.63, 3.8) is 0 Å². The summed E-state index contributed by atoms with van der Waals surface area (Å²) in [6, 6.07) is 0.